The maximum absolute atomic E-state index is 5.78. The van der Waals surface area contributed by atoms with Gasteiger partial charge >= 0.3 is 0 Å². The number of piperidine rings is 1. The van der Waals surface area contributed by atoms with Gasteiger partial charge in [-0.05, 0) is 125 Å². The number of hydrogen-bond acceptors (Lipinski definition) is 2. The van der Waals surface area contributed by atoms with Gasteiger partial charge in [0.1, 0.15) is 5.75 Å². The average Bonchev–Trinajstić information content (AvgIpc) is 3.93. The molecule has 59 heavy (non-hydrogen) atoms. The summed E-state index contributed by atoms with van der Waals surface area (Å²) in [6.45, 7) is 2.22. The van der Waals surface area contributed by atoms with Crippen LogP contribution in [0.2, 0.25) is 0 Å². The second-order valence-electron chi connectivity index (χ2n) is 16.3. The Bertz CT molecular complexity index is 2970. The fraction of sp³-hybridized carbons (Fsp3) is 0.127. The van der Waals surface area contributed by atoms with E-state index in [-0.39, 0.29) is 0 Å². The van der Waals surface area contributed by atoms with Crippen LogP contribution in [-0.2, 0) is 5.41 Å². The molecule has 0 saturated carbocycles. The topological polar surface area (TPSA) is 22.3 Å². The van der Waals surface area contributed by atoms with Crippen LogP contribution in [0.4, 0.5) is 5.69 Å². The lowest BCUT2D eigenvalue weighted by molar-refractivity contribution is 0.414. The van der Waals surface area contributed by atoms with Crippen LogP contribution in [0.15, 0.2) is 182 Å². The Morgan fingerprint density at radius 2 is 0.797 bits per heavy atom. The molecule has 12 rings (SSSR count). The van der Waals surface area contributed by atoms with Crippen LogP contribution in [0.1, 0.15) is 41.5 Å². The molecule has 2 aromatic heterocycles. The number of fused-ring (bicyclic) bond motifs is 9. The fourth-order valence-electron chi connectivity index (χ4n) is 10.7. The molecule has 1 saturated heterocycles. The summed E-state index contributed by atoms with van der Waals surface area (Å²) in [5.41, 5.74) is 15.3. The zero-order valence-electron chi connectivity index (χ0n) is 33.1. The summed E-state index contributed by atoms with van der Waals surface area (Å²) in [5, 5.41) is 5.05. The second kappa shape index (κ2) is 13.3. The minimum absolute atomic E-state index is 0.638. The molecule has 2 aliphatic rings. The largest absolute Gasteiger partial charge is 0.497 e. The molecule has 0 atom stereocenters. The molecule has 4 heteroatoms. The Hall–Kier alpha value is -7.04. The first-order valence-corrected chi connectivity index (χ1v) is 21.0. The quantitative estimate of drug-likeness (QED) is 0.168. The molecule has 284 valence electrons. The average molecular weight is 762 g/mol. The van der Waals surface area contributed by atoms with Crippen molar-refractivity contribution in [1.29, 1.82) is 0 Å². The molecule has 4 nitrogen and oxygen atoms in total. The standard InChI is InChI=1S/C55H43N3O/c1-59-42-29-23-38(24-30-42)55(37-21-25-39(26-22-37)56-33-11-2-12-34-56)49-35-40(57-51-17-7-3-13-45(51)46-14-4-8-18-52(46)57)27-31-43(49)44-32-28-41(36-50(44)55)58-53-19-9-5-15-47(53)48-16-6-10-20-54(48)58/h3-10,13-32,35-36H,2,11-12,33-34H2,1H3. The van der Waals surface area contributed by atoms with Crippen LogP contribution in [0.5, 0.6) is 5.75 Å². The number of rotatable bonds is 6. The Morgan fingerprint density at radius 3 is 1.22 bits per heavy atom. The van der Waals surface area contributed by atoms with E-state index in [9.17, 15) is 0 Å². The van der Waals surface area contributed by atoms with Gasteiger partial charge in [-0.3, -0.25) is 0 Å². The van der Waals surface area contributed by atoms with E-state index in [1.807, 2.05) is 0 Å². The number of anilines is 1. The van der Waals surface area contributed by atoms with Crippen LogP contribution < -0.4 is 9.64 Å². The monoisotopic (exact) mass is 761 g/mol. The van der Waals surface area contributed by atoms with Gasteiger partial charge in [-0.2, -0.15) is 0 Å². The zero-order valence-corrected chi connectivity index (χ0v) is 33.1. The van der Waals surface area contributed by atoms with Gasteiger partial charge in [-0.15, -0.1) is 0 Å². The van der Waals surface area contributed by atoms with Crippen LogP contribution in [-0.4, -0.2) is 29.3 Å². The Balaban J connectivity index is 1.17. The summed E-state index contributed by atoms with van der Waals surface area (Å²) in [7, 11) is 1.75. The third-order valence-electron chi connectivity index (χ3n) is 13.3. The van der Waals surface area contributed by atoms with Crippen molar-refractivity contribution in [3.05, 3.63) is 204 Å². The maximum Gasteiger partial charge on any atom is 0.118 e. The Morgan fingerprint density at radius 1 is 0.407 bits per heavy atom. The van der Waals surface area contributed by atoms with Crippen molar-refractivity contribution in [2.24, 2.45) is 0 Å². The molecular weight excluding hydrogens is 719 g/mol. The Kier molecular flexibility index (Phi) is 7.65. The molecule has 1 aliphatic heterocycles. The van der Waals surface area contributed by atoms with Crippen molar-refractivity contribution < 1.29 is 4.74 Å². The van der Waals surface area contributed by atoms with Crippen molar-refractivity contribution >= 4 is 49.3 Å². The molecule has 0 unspecified atom stereocenters. The van der Waals surface area contributed by atoms with E-state index in [0.29, 0.717) is 0 Å². The van der Waals surface area contributed by atoms with Gasteiger partial charge in [-0.1, -0.05) is 109 Å². The molecule has 0 amide bonds. The summed E-state index contributed by atoms with van der Waals surface area (Å²) >= 11 is 0. The summed E-state index contributed by atoms with van der Waals surface area (Å²) < 4.78 is 10.7. The van der Waals surface area contributed by atoms with Crippen LogP contribution in [0.25, 0.3) is 66.1 Å². The fourth-order valence-corrected chi connectivity index (χ4v) is 10.7. The van der Waals surface area contributed by atoms with Crippen molar-refractivity contribution in [3.8, 4) is 28.3 Å². The van der Waals surface area contributed by atoms with Gasteiger partial charge in [0.15, 0.2) is 0 Å². The molecule has 1 fully saturated rings. The minimum Gasteiger partial charge on any atom is -0.497 e. The predicted octanol–water partition coefficient (Wildman–Crippen LogP) is 13.2. The third-order valence-corrected chi connectivity index (χ3v) is 13.3. The lowest BCUT2D eigenvalue weighted by atomic mass is 9.67. The van der Waals surface area contributed by atoms with Crippen LogP contribution in [0, 0.1) is 0 Å². The zero-order chi connectivity index (χ0) is 39.1. The molecule has 0 N–H and O–H groups in total. The highest BCUT2D eigenvalue weighted by atomic mass is 16.5. The molecule has 8 aromatic carbocycles. The van der Waals surface area contributed by atoms with Gasteiger partial charge < -0.3 is 18.8 Å². The maximum atomic E-state index is 5.78. The summed E-state index contributed by atoms with van der Waals surface area (Å²) in [6, 6.07) is 68.0. The predicted molar refractivity (Wildman–Crippen MR) is 245 cm³/mol. The number of aromatic nitrogens is 2. The lowest BCUT2D eigenvalue weighted by Crippen LogP contribution is -2.30. The van der Waals surface area contributed by atoms with E-state index in [0.717, 1.165) is 30.2 Å². The number of methoxy groups -OCH3 is 1. The number of benzene rings is 8. The molecule has 10 aromatic rings. The SMILES string of the molecule is COc1ccc(C2(c3ccc(N4CCCCC4)cc3)c3cc(-n4c5ccccc5c5ccccc54)ccc3-c3ccc(-n4c5ccccc5c5ccccc54)cc32)cc1. The van der Waals surface area contributed by atoms with E-state index in [1.54, 1.807) is 7.11 Å². The van der Waals surface area contributed by atoms with Gasteiger partial charge in [0.25, 0.3) is 0 Å². The van der Waals surface area contributed by atoms with Crippen molar-refractivity contribution in [2.45, 2.75) is 24.7 Å². The molecule has 1 aliphatic carbocycles. The van der Waals surface area contributed by atoms with E-state index in [4.69, 9.17) is 4.74 Å². The van der Waals surface area contributed by atoms with Crippen LogP contribution in [0.3, 0.4) is 0 Å². The van der Waals surface area contributed by atoms with Crippen molar-refractivity contribution in [1.82, 2.24) is 9.13 Å². The molecular formula is C55H43N3O. The van der Waals surface area contributed by atoms with E-state index in [1.165, 1.54) is 102 Å². The summed E-state index contributed by atoms with van der Waals surface area (Å²) in [6.07, 6.45) is 3.80. The van der Waals surface area contributed by atoms with Crippen LogP contribution >= 0.6 is 0 Å². The number of ether oxygens (including phenoxy) is 1. The normalized spacial score (nSPS) is 14.6. The molecule has 0 spiro atoms. The number of nitrogens with zero attached hydrogens (tertiary/aromatic N) is 3. The number of hydrogen-bond donors (Lipinski definition) is 0. The van der Waals surface area contributed by atoms with E-state index < -0.39 is 5.41 Å². The molecule has 0 radical (unpaired) electrons. The van der Waals surface area contributed by atoms with Gasteiger partial charge in [0.2, 0.25) is 0 Å². The number of para-hydroxylation sites is 4. The third kappa shape index (κ3) is 4.96. The van der Waals surface area contributed by atoms with Gasteiger partial charge in [0, 0.05) is 51.7 Å². The highest BCUT2D eigenvalue weighted by Crippen LogP contribution is 2.57. The van der Waals surface area contributed by atoms with Gasteiger partial charge in [-0.25, -0.2) is 0 Å². The highest BCUT2D eigenvalue weighted by Gasteiger charge is 2.47. The van der Waals surface area contributed by atoms with Crippen molar-refractivity contribution in [3.63, 3.8) is 0 Å². The Labute approximate surface area is 344 Å². The molecule has 0 bridgehead atoms. The minimum atomic E-state index is -0.638. The summed E-state index contributed by atoms with van der Waals surface area (Å²) in [4.78, 5) is 2.56. The molecule has 3 heterocycles. The van der Waals surface area contributed by atoms with Crippen molar-refractivity contribution in [2.75, 3.05) is 25.1 Å². The first kappa shape index (κ1) is 34.0. The van der Waals surface area contributed by atoms with Gasteiger partial charge in [0.05, 0.1) is 34.6 Å². The summed E-state index contributed by atoms with van der Waals surface area (Å²) in [5.74, 6) is 0.848. The van der Waals surface area contributed by atoms with E-state index in [2.05, 4.69) is 196 Å². The first-order chi connectivity index (χ1) is 29.2. The second-order valence-corrected chi connectivity index (χ2v) is 16.3. The lowest BCUT2D eigenvalue weighted by Gasteiger charge is -2.35. The highest BCUT2D eigenvalue weighted by molar-refractivity contribution is 6.10. The first-order valence-electron chi connectivity index (χ1n) is 21.0. The van der Waals surface area contributed by atoms with E-state index >= 15 is 0 Å². The smallest absolute Gasteiger partial charge is 0.118 e.